The van der Waals surface area contributed by atoms with Gasteiger partial charge < -0.3 is 10.3 Å². The molecule has 0 heterocycles. The van der Waals surface area contributed by atoms with Crippen LogP contribution in [0, 0.1) is 6.92 Å². The van der Waals surface area contributed by atoms with Crippen LogP contribution in [0.2, 0.25) is 0 Å². The van der Waals surface area contributed by atoms with Gasteiger partial charge in [0.1, 0.15) is 0 Å². The zero-order valence-corrected chi connectivity index (χ0v) is 12.5. The molecule has 1 aliphatic carbocycles. The van der Waals surface area contributed by atoms with Gasteiger partial charge in [-0.2, -0.15) is 0 Å². The van der Waals surface area contributed by atoms with Crippen molar-refractivity contribution in [3.05, 3.63) is 29.3 Å². The van der Waals surface area contributed by atoms with Crippen molar-refractivity contribution in [1.82, 2.24) is 4.90 Å². The molecular formula is C16H25N3O. The number of nitrogens with one attached hydrogen (secondary N) is 1. The summed E-state index contributed by atoms with van der Waals surface area (Å²) in [5, 5.41) is 0. The molecule has 0 radical (unpaired) electrons. The van der Waals surface area contributed by atoms with E-state index in [-0.39, 0.29) is 5.91 Å². The summed E-state index contributed by atoms with van der Waals surface area (Å²) in [6.07, 6.45) is 5.99. The molecule has 20 heavy (non-hydrogen) atoms. The van der Waals surface area contributed by atoms with Crippen molar-refractivity contribution in [3.8, 4) is 0 Å². The number of carbonyl (C=O) groups is 1. The van der Waals surface area contributed by atoms with E-state index in [2.05, 4.69) is 12.3 Å². The van der Waals surface area contributed by atoms with E-state index in [1.807, 2.05) is 30.0 Å². The molecule has 4 heteroatoms. The lowest BCUT2D eigenvalue weighted by Crippen LogP contribution is -2.41. The minimum absolute atomic E-state index is 0.0936. The summed E-state index contributed by atoms with van der Waals surface area (Å²) in [5.74, 6) is 5.63. The van der Waals surface area contributed by atoms with E-state index in [0.717, 1.165) is 24.9 Å². The van der Waals surface area contributed by atoms with Crippen LogP contribution in [0.25, 0.3) is 0 Å². The maximum Gasteiger partial charge on any atom is 0.256 e. The van der Waals surface area contributed by atoms with Crippen LogP contribution in [0.15, 0.2) is 18.2 Å². The van der Waals surface area contributed by atoms with Crippen molar-refractivity contribution < 1.29 is 4.79 Å². The smallest absolute Gasteiger partial charge is 0.256 e. The van der Waals surface area contributed by atoms with E-state index in [1.165, 1.54) is 19.3 Å². The Morgan fingerprint density at radius 3 is 2.65 bits per heavy atom. The first-order chi connectivity index (χ1) is 9.67. The summed E-state index contributed by atoms with van der Waals surface area (Å²) in [6, 6.07) is 6.13. The molecule has 0 atom stereocenters. The molecule has 0 saturated heterocycles. The molecule has 2 rings (SSSR count). The fourth-order valence-electron chi connectivity index (χ4n) is 3.08. The Labute approximate surface area is 121 Å². The molecule has 0 aliphatic heterocycles. The van der Waals surface area contributed by atoms with Gasteiger partial charge in [-0.25, -0.2) is 0 Å². The van der Waals surface area contributed by atoms with Crippen molar-refractivity contribution in [2.45, 2.75) is 52.0 Å². The highest BCUT2D eigenvalue weighted by molar-refractivity contribution is 6.00. The second kappa shape index (κ2) is 6.75. The number of hydrogen-bond acceptors (Lipinski definition) is 3. The highest BCUT2D eigenvalue weighted by Gasteiger charge is 2.26. The Morgan fingerprint density at radius 2 is 2.05 bits per heavy atom. The third-order valence-corrected chi connectivity index (χ3v) is 4.18. The Hall–Kier alpha value is -1.55. The summed E-state index contributed by atoms with van der Waals surface area (Å²) in [5.41, 5.74) is 5.10. The van der Waals surface area contributed by atoms with Crippen molar-refractivity contribution in [2.75, 3.05) is 12.0 Å². The minimum Gasteiger partial charge on any atom is -0.336 e. The number of hydrogen-bond donors (Lipinski definition) is 2. The van der Waals surface area contributed by atoms with Gasteiger partial charge in [-0.1, -0.05) is 30.9 Å². The Morgan fingerprint density at radius 1 is 1.35 bits per heavy atom. The normalized spacial score (nSPS) is 15.9. The topological polar surface area (TPSA) is 58.4 Å². The summed E-state index contributed by atoms with van der Waals surface area (Å²) >= 11 is 0. The highest BCUT2D eigenvalue weighted by atomic mass is 16.2. The Kier molecular flexibility index (Phi) is 5.01. The molecule has 110 valence electrons. The van der Waals surface area contributed by atoms with E-state index in [9.17, 15) is 4.79 Å². The largest absolute Gasteiger partial charge is 0.336 e. The molecular weight excluding hydrogens is 250 g/mol. The summed E-state index contributed by atoms with van der Waals surface area (Å²) < 4.78 is 0. The van der Waals surface area contributed by atoms with E-state index in [1.54, 1.807) is 0 Å². The number of amides is 1. The second-order valence-corrected chi connectivity index (χ2v) is 5.58. The Bertz CT molecular complexity index is 467. The number of nitrogens with two attached hydrogens (primary N) is 1. The number of hydrazine groups is 1. The molecule has 1 aromatic rings. The average molecular weight is 275 g/mol. The third kappa shape index (κ3) is 3.12. The first-order valence-corrected chi connectivity index (χ1v) is 7.55. The molecule has 1 aromatic carbocycles. The maximum absolute atomic E-state index is 12.8. The van der Waals surface area contributed by atoms with Gasteiger partial charge in [0.2, 0.25) is 0 Å². The second-order valence-electron chi connectivity index (χ2n) is 5.58. The minimum atomic E-state index is 0.0936. The molecule has 1 aliphatic rings. The molecule has 1 fully saturated rings. The van der Waals surface area contributed by atoms with E-state index < -0.39 is 0 Å². The van der Waals surface area contributed by atoms with Gasteiger partial charge in [-0.15, -0.1) is 0 Å². The summed E-state index contributed by atoms with van der Waals surface area (Å²) in [6.45, 7) is 4.80. The number of benzene rings is 1. The fourth-order valence-corrected chi connectivity index (χ4v) is 3.08. The molecule has 3 N–H and O–H groups in total. The van der Waals surface area contributed by atoms with Crippen LogP contribution in [0.5, 0.6) is 0 Å². The van der Waals surface area contributed by atoms with Crippen LogP contribution in [-0.4, -0.2) is 23.4 Å². The number of carbonyl (C=O) groups excluding carboxylic acids is 1. The van der Waals surface area contributed by atoms with Crippen molar-refractivity contribution in [2.24, 2.45) is 5.84 Å². The number of anilines is 1. The van der Waals surface area contributed by atoms with Crippen LogP contribution in [0.1, 0.15) is 54.9 Å². The first kappa shape index (κ1) is 14.9. The molecule has 0 aromatic heterocycles. The van der Waals surface area contributed by atoms with Crippen LogP contribution >= 0.6 is 0 Å². The van der Waals surface area contributed by atoms with E-state index in [4.69, 9.17) is 5.84 Å². The monoisotopic (exact) mass is 275 g/mol. The average Bonchev–Trinajstić information content (AvgIpc) is 2.49. The predicted octanol–water partition coefficient (Wildman–Crippen LogP) is 3.08. The van der Waals surface area contributed by atoms with Gasteiger partial charge in [-0.05, 0) is 38.8 Å². The SMILES string of the molecule is CCN(C(=O)c1cc(C)ccc1NN)C1CCCCC1. The number of nitrogen functional groups attached to an aromatic ring is 1. The lowest BCUT2D eigenvalue weighted by atomic mass is 9.93. The molecule has 1 saturated carbocycles. The zero-order valence-electron chi connectivity index (χ0n) is 12.5. The zero-order chi connectivity index (χ0) is 14.5. The van der Waals surface area contributed by atoms with Gasteiger partial charge >= 0.3 is 0 Å². The lowest BCUT2D eigenvalue weighted by Gasteiger charge is -2.34. The predicted molar refractivity (Wildman–Crippen MR) is 82.6 cm³/mol. The third-order valence-electron chi connectivity index (χ3n) is 4.18. The lowest BCUT2D eigenvalue weighted by molar-refractivity contribution is 0.0649. The van der Waals surface area contributed by atoms with Crippen LogP contribution in [0.4, 0.5) is 5.69 Å². The van der Waals surface area contributed by atoms with Crippen LogP contribution in [-0.2, 0) is 0 Å². The molecule has 0 unspecified atom stereocenters. The summed E-state index contributed by atoms with van der Waals surface area (Å²) in [4.78, 5) is 14.8. The molecule has 1 amide bonds. The highest BCUT2D eigenvalue weighted by Crippen LogP contribution is 2.26. The standard InChI is InChI=1S/C16H25N3O/c1-3-19(13-7-5-4-6-8-13)16(20)14-11-12(2)9-10-15(14)18-17/h9-11,13,18H,3-8,17H2,1-2H3. The number of nitrogens with zero attached hydrogens (tertiary/aromatic N) is 1. The maximum atomic E-state index is 12.8. The van der Waals surface area contributed by atoms with E-state index in [0.29, 0.717) is 17.3 Å². The van der Waals surface area contributed by atoms with Gasteiger partial charge in [-0.3, -0.25) is 10.6 Å². The van der Waals surface area contributed by atoms with Gasteiger partial charge in [0.05, 0.1) is 11.3 Å². The fraction of sp³-hybridized carbons (Fsp3) is 0.562. The first-order valence-electron chi connectivity index (χ1n) is 7.55. The van der Waals surface area contributed by atoms with Gasteiger partial charge in [0, 0.05) is 12.6 Å². The molecule has 4 nitrogen and oxygen atoms in total. The Balaban J connectivity index is 2.25. The van der Waals surface area contributed by atoms with Crippen LogP contribution in [0.3, 0.4) is 0 Å². The molecule has 0 bridgehead atoms. The van der Waals surface area contributed by atoms with Crippen molar-refractivity contribution in [1.29, 1.82) is 0 Å². The van der Waals surface area contributed by atoms with E-state index >= 15 is 0 Å². The van der Waals surface area contributed by atoms with Crippen molar-refractivity contribution >= 4 is 11.6 Å². The van der Waals surface area contributed by atoms with Crippen molar-refractivity contribution in [3.63, 3.8) is 0 Å². The van der Waals surface area contributed by atoms with Gasteiger partial charge in [0.15, 0.2) is 0 Å². The molecule has 0 spiro atoms. The van der Waals surface area contributed by atoms with Crippen LogP contribution < -0.4 is 11.3 Å². The quantitative estimate of drug-likeness (QED) is 0.656. The number of aryl methyl sites for hydroxylation is 1. The van der Waals surface area contributed by atoms with Gasteiger partial charge in [0.25, 0.3) is 5.91 Å². The summed E-state index contributed by atoms with van der Waals surface area (Å²) in [7, 11) is 0. The number of rotatable bonds is 4.